The first-order valence-corrected chi connectivity index (χ1v) is 9.86. The van der Waals surface area contributed by atoms with Crippen LogP contribution in [0.15, 0.2) is 67.0 Å². The van der Waals surface area contributed by atoms with Gasteiger partial charge in [-0.2, -0.15) is 0 Å². The lowest BCUT2D eigenvalue weighted by Gasteiger charge is -2.20. The number of nitrogens with zero attached hydrogens (tertiary/aromatic N) is 3. The number of fused-ring (bicyclic) bond motifs is 1. The molecular weight excluding hydrogens is 389 g/mol. The van der Waals surface area contributed by atoms with Crippen molar-refractivity contribution in [3.05, 3.63) is 83.9 Å². The van der Waals surface area contributed by atoms with Crippen molar-refractivity contribution in [2.45, 2.75) is 13.5 Å². The van der Waals surface area contributed by atoms with Crippen LogP contribution in [0.5, 0.6) is 5.75 Å². The van der Waals surface area contributed by atoms with Gasteiger partial charge in [0.25, 0.3) is 5.91 Å². The zero-order valence-electron chi connectivity index (χ0n) is 15.7. The predicted molar refractivity (Wildman–Crippen MR) is 112 cm³/mol. The molecule has 2 aromatic carbocycles. The molecule has 0 N–H and O–H groups in total. The molecule has 0 saturated heterocycles. The van der Waals surface area contributed by atoms with E-state index in [1.807, 2.05) is 37.3 Å². The van der Waals surface area contributed by atoms with Crippen molar-refractivity contribution in [3.8, 4) is 5.75 Å². The smallest absolute Gasteiger partial charge is 0.267 e. The summed E-state index contributed by atoms with van der Waals surface area (Å²) in [5.74, 6) is -0.772. The molecule has 0 aliphatic carbocycles. The average Bonchev–Trinajstić information content (AvgIpc) is 3.17. The normalized spacial score (nSPS) is 10.8. The Morgan fingerprint density at radius 3 is 2.76 bits per heavy atom. The molecule has 0 saturated carbocycles. The summed E-state index contributed by atoms with van der Waals surface area (Å²) in [4.78, 5) is 23.4. The number of aromatic nitrogens is 2. The quantitative estimate of drug-likeness (QED) is 0.463. The standard InChI is InChI=1S/C22H18FN3O2S/c1-15-6-4-10-19-21(15)25-22(29-19)26(13-16-7-5-11-24-12-16)20(27)14-28-18-9-3-2-8-17(18)23/h2-12H,13-14H2,1H3. The molecule has 2 aromatic heterocycles. The van der Waals surface area contributed by atoms with Crippen molar-refractivity contribution in [3.63, 3.8) is 0 Å². The Morgan fingerprint density at radius 2 is 2.00 bits per heavy atom. The van der Waals surface area contributed by atoms with Crippen molar-refractivity contribution < 1.29 is 13.9 Å². The van der Waals surface area contributed by atoms with E-state index < -0.39 is 5.82 Å². The predicted octanol–water partition coefficient (Wildman–Crippen LogP) is 4.75. The number of carbonyl (C=O) groups is 1. The number of aryl methyl sites for hydroxylation is 1. The first-order valence-electron chi connectivity index (χ1n) is 9.04. The van der Waals surface area contributed by atoms with Crippen molar-refractivity contribution in [1.82, 2.24) is 9.97 Å². The SMILES string of the molecule is Cc1cccc2sc(N(Cc3cccnc3)C(=O)COc3ccccc3F)nc12. The Bertz CT molecular complexity index is 1150. The summed E-state index contributed by atoms with van der Waals surface area (Å²) in [6.45, 7) is 1.99. The molecule has 5 nitrogen and oxygen atoms in total. The van der Waals surface area contributed by atoms with E-state index in [4.69, 9.17) is 4.74 Å². The second-order valence-corrected chi connectivity index (χ2v) is 7.49. The maximum Gasteiger partial charge on any atom is 0.267 e. The Labute approximate surface area is 171 Å². The lowest BCUT2D eigenvalue weighted by molar-refractivity contribution is -0.120. The van der Waals surface area contributed by atoms with E-state index in [1.54, 1.807) is 29.4 Å². The Morgan fingerprint density at radius 1 is 1.14 bits per heavy atom. The third-order valence-electron chi connectivity index (χ3n) is 4.39. The lowest BCUT2D eigenvalue weighted by Crippen LogP contribution is -2.34. The maximum atomic E-state index is 13.8. The van der Waals surface area contributed by atoms with Crippen molar-refractivity contribution >= 4 is 32.6 Å². The van der Waals surface area contributed by atoms with Gasteiger partial charge in [-0.1, -0.05) is 41.7 Å². The summed E-state index contributed by atoms with van der Waals surface area (Å²) in [5.41, 5.74) is 2.77. The monoisotopic (exact) mass is 407 g/mol. The van der Waals surface area contributed by atoms with Crippen molar-refractivity contribution in [1.29, 1.82) is 0 Å². The van der Waals surface area contributed by atoms with Crippen LogP contribution in [-0.2, 0) is 11.3 Å². The van der Waals surface area contributed by atoms with Crippen LogP contribution in [0.1, 0.15) is 11.1 Å². The highest BCUT2D eigenvalue weighted by atomic mass is 32.1. The van der Waals surface area contributed by atoms with Crippen LogP contribution in [0.25, 0.3) is 10.2 Å². The molecule has 1 amide bonds. The van der Waals surface area contributed by atoms with E-state index in [0.717, 1.165) is 21.3 Å². The van der Waals surface area contributed by atoms with Crippen LogP contribution in [-0.4, -0.2) is 22.5 Å². The first-order chi connectivity index (χ1) is 14.1. The molecule has 0 aliphatic rings. The highest BCUT2D eigenvalue weighted by molar-refractivity contribution is 7.22. The Hall–Kier alpha value is -3.32. The molecule has 7 heteroatoms. The molecule has 146 valence electrons. The number of ether oxygens (including phenoxy) is 1. The molecule has 4 aromatic rings. The molecule has 0 aliphatic heterocycles. The fourth-order valence-corrected chi connectivity index (χ4v) is 3.97. The van der Waals surface area contributed by atoms with Gasteiger partial charge >= 0.3 is 0 Å². The summed E-state index contributed by atoms with van der Waals surface area (Å²) in [6, 6.07) is 15.7. The number of para-hydroxylation sites is 2. The number of halogens is 1. The van der Waals surface area contributed by atoms with Crippen molar-refractivity contribution in [2.75, 3.05) is 11.5 Å². The van der Waals surface area contributed by atoms with Gasteiger partial charge < -0.3 is 4.74 Å². The molecule has 29 heavy (non-hydrogen) atoms. The molecule has 0 spiro atoms. The van der Waals surface area contributed by atoms with Crippen LogP contribution in [0, 0.1) is 12.7 Å². The van der Waals surface area contributed by atoms with Gasteiger partial charge in [-0.05, 0) is 42.3 Å². The zero-order chi connectivity index (χ0) is 20.2. The number of benzene rings is 2. The maximum absolute atomic E-state index is 13.8. The summed E-state index contributed by atoms with van der Waals surface area (Å²) in [7, 11) is 0. The fourth-order valence-electron chi connectivity index (χ4n) is 2.91. The van der Waals surface area contributed by atoms with Gasteiger partial charge in [-0.15, -0.1) is 0 Å². The number of rotatable bonds is 6. The Kier molecular flexibility index (Phi) is 5.48. The molecule has 0 unspecified atom stereocenters. The molecule has 4 rings (SSSR count). The van der Waals surface area contributed by atoms with Crippen molar-refractivity contribution in [2.24, 2.45) is 0 Å². The molecule has 0 fully saturated rings. The average molecular weight is 407 g/mol. The van der Waals surface area contributed by atoms with E-state index in [0.29, 0.717) is 11.7 Å². The second-order valence-electron chi connectivity index (χ2n) is 6.48. The van der Waals surface area contributed by atoms with Crippen LogP contribution in [0.2, 0.25) is 0 Å². The third-order valence-corrected chi connectivity index (χ3v) is 5.44. The second kappa shape index (κ2) is 8.36. The highest BCUT2D eigenvalue weighted by Gasteiger charge is 2.22. The molecule has 0 atom stereocenters. The van der Waals surface area contributed by atoms with Crippen LogP contribution >= 0.6 is 11.3 Å². The minimum absolute atomic E-state index is 0.0438. The topological polar surface area (TPSA) is 55.3 Å². The van der Waals surface area contributed by atoms with Gasteiger partial charge in [-0.3, -0.25) is 14.7 Å². The lowest BCUT2D eigenvalue weighted by atomic mass is 10.2. The van der Waals surface area contributed by atoms with Gasteiger partial charge in [0.2, 0.25) is 0 Å². The highest BCUT2D eigenvalue weighted by Crippen LogP contribution is 2.31. The fraction of sp³-hybridized carbons (Fsp3) is 0.136. The number of pyridine rings is 1. The minimum Gasteiger partial charge on any atom is -0.481 e. The van der Waals surface area contributed by atoms with E-state index in [-0.39, 0.29) is 18.3 Å². The van der Waals surface area contributed by atoms with Crippen LogP contribution in [0.4, 0.5) is 9.52 Å². The number of hydrogen-bond donors (Lipinski definition) is 0. The van der Waals surface area contributed by atoms with Crippen LogP contribution in [0.3, 0.4) is 0 Å². The molecule has 0 radical (unpaired) electrons. The molecule has 2 heterocycles. The summed E-state index contributed by atoms with van der Waals surface area (Å²) in [6.07, 6.45) is 3.38. The van der Waals surface area contributed by atoms with E-state index in [2.05, 4.69) is 9.97 Å². The minimum atomic E-state index is -0.505. The third kappa shape index (κ3) is 4.25. The van der Waals surface area contributed by atoms with Gasteiger partial charge in [0.15, 0.2) is 23.3 Å². The number of hydrogen-bond acceptors (Lipinski definition) is 5. The Balaban J connectivity index is 1.63. The molecule has 0 bridgehead atoms. The number of thiazole rings is 1. The van der Waals surface area contributed by atoms with Gasteiger partial charge in [0, 0.05) is 12.4 Å². The number of amides is 1. The summed E-state index contributed by atoms with van der Waals surface area (Å²) in [5, 5.41) is 0.570. The van der Waals surface area contributed by atoms with Gasteiger partial charge in [-0.25, -0.2) is 9.37 Å². The van der Waals surface area contributed by atoms with Gasteiger partial charge in [0.1, 0.15) is 0 Å². The van der Waals surface area contributed by atoms with Gasteiger partial charge in [0.05, 0.1) is 16.8 Å². The van der Waals surface area contributed by atoms with E-state index in [9.17, 15) is 9.18 Å². The number of anilines is 1. The largest absolute Gasteiger partial charge is 0.481 e. The zero-order valence-corrected chi connectivity index (χ0v) is 16.5. The summed E-state index contributed by atoms with van der Waals surface area (Å²) < 4.78 is 20.3. The van der Waals surface area contributed by atoms with E-state index in [1.165, 1.54) is 23.5 Å². The number of carbonyl (C=O) groups excluding carboxylic acids is 1. The van der Waals surface area contributed by atoms with Crippen LogP contribution < -0.4 is 9.64 Å². The van der Waals surface area contributed by atoms with E-state index >= 15 is 0 Å². The summed E-state index contributed by atoms with van der Waals surface area (Å²) >= 11 is 1.44. The first kappa shape index (κ1) is 19.0. The molecular formula is C22H18FN3O2S.